The van der Waals surface area contributed by atoms with Crippen molar-refractivity contribution >= 4 is 34.3 Å². The molecule has 5 rings (SSSR count). The Morgan fingerprint density at radius 3 is 2.91 bits per heavy atom. The van der Waals surface area contributed by atoms with Gasteiger partial charge in [0, 0.05) is 18.3 Å². The third kappa shape index (κ3) is 4.42. The highest BCUT2D eigenvalue weighted by Gasteiger charge is 2.29. The van der Waals surface area contributed by atoms with Crippen molar-refractivity contribution in [1.82, 2.24) is 9.55 Å². The summed E-state index contributed by atoms with van der Waals surface area (Å²) in [6.07, 6.45) is 3.39. The lowest BCUT2D eigenvalue weighted by Gasteiger charge is -2.35. The van der Waals surface area contributed by atoms with E-state index in [4.69, 9.17) is 9.72 Å². The molecule has 8 heteroatoms. The Hall–Kier alpha value is -2.71. The number of fused-ring (bicyclic) bond motifs is 2. The van der Waals surface area contributed by atoms with Gasteiger partial charge in [-0.05, 0) is 68.5 Å². The van der Waals surface area contributed by atoms with Crippen molar-refractivity contribution in [2.24, 2.45) is 0 Å². The SMILES string of the molecule is C[C@@H]1CCc2cc(F)ccc2N1C(=O)CSc1nc2ccccc2c(=O)n1C[C@H]1CCCO1. The number of aryl methyl sites for hydroxylation is 1. The molecule has 3 aromatic rings. The maximum Gasteiger partial charge on any atom is 0.262 e. The fraction of sp³-hybridized carbons (Fsp3) is 0.400. The molecule has 0 N–H and O–H groups in total. The summed E-state index contributed by atoms with van der Waals surface area (Å²) in [6.45, 7) is 3.14. The molecule has 1 aromatic heterocycles. The monoisotopic (exact) mass is 467 g/mol. The zero-order valence-electron chi connectivity index (χ0n) is 18.5. The number of amides is 1. The Balaban J connectivity index is 1.43. The normalized spacial score (nSPS) is 20.2. The molecule has 1 amide bonds. The van der Waals surface area contributed by atoms with Gasteiger partial charge in [0.1, 0.15) is 5.82 Å². The first-order valence-corrected chi connectivity index (χ1v) is 12.3. The Kier molecular flexibility index (Phi) is 6.21. The Morgan fingerprint density at radius 1 is 1.24 bits per heavy atom. The van der Waals surface area contributed by atoms with Crippen molar-refractivity contribution < 1.29 is 13.9 Å². The van der Waals surface area contributed by atoms with Gasteiger partial charge in [0.2, 0.25) is 5.91 Å². The van der Waals surface area contributed by atoms with Crippen molar-refractivity contribution in [1.29, 1.82) is 0 Å². The number of rotatable bonds is 5. The second-order valence-electron chi connectivity index (χ2n) is 8.68. The van der Waals surface area contributed by atoms with Crippen LogP contribution in [0.25, 0.3) is 10.9 Å². The Bertz CT molecular complexity index is 1260. The van der Waals surface area contributed by atoms with Crippen LogP contribution in [0.3, 0.4) is 0 Å². The first-order valence-electron chi connectivity index (χ1n) is 11.4. The molecule has 2 aliphatic rings. The van der Waals surface area contributed by atoms with E-state index in [1.165, 1.54) is 23.9 Å². The number of carbonyl (C=O) groups is 1. The molecule has 2 atom stereocenters. The van der Waals surface area contributed by atoms with E-state index >= 15 is 0 Å². The predicted molar refractivity (Wildman–Crippen MR) is 127 cm³/mol. The maximum absolute atomic E-state index is 13.7. The molecule has 0 spiro atoms. The van der Waals surface area contributed by atoms with E-state index in [1.54, 1.807) is 21.6 Å². The number of benzene rings is 2. The number of ether oxygens (including phenoxy) is 1. The summed E-state index contributed by atoms with van der Waals surface area (Å²) in [7, 11) is 0. The van der Waals surface area contributed by atoms with Crippen LogP contribution in [-0.4, -0.2) is 40.0 Å². The van der Waals surface area contributed by atoms with Crippen molar-refractivity contribution in [3.05, 3.63) is 64.2 Å². The molecule has 0 radical (unpaired) electrons. The lowest BCUT2D eigenvalue weighted by atomic mass is 9.96. The van der Waals surface area contributed by atoms with E-state index in [-0.39, 0.29) is 35.2 Å². The summed E-state index contributed by atoms with van der Waals surface area (Å²) in [4.78, 5) is 33.0. The van der Waals surface area contributed by atoms with E-state index in [9.17, 15) is 14.0 Å². The van der Waals surface area contributed by atoms with E-state index in [2.05, 4.69) is 0 Å². The van der Waals surface area contributed by atoms with Crippen LogP contribution in [0, 0.1) is 5.82 Å². The summed E-state index contributed by atoms with van der Waals surface area (Å²) in [6, 6.07) is 11.9. The van der Waals surface area contributed by atoms with Crippen molar-refractivity contribution in [3.8, 4) is 0 Å². The van der Waals surface area contributed by atoms with Crippen LogP contribution in [0.2, 0.25) is 0 Å². The molecular weight excluding hydrogens is 441 g/mol. The van der Waals surface area contributed by atoms with Gasteiger partial charge in [-0.15, -0.1) is 0 Å². The van der Waals surface area contributed by atoms with E-state index in [1.807, 2.05) is 25.1 Å². The summed E-state index contributed by atoms with van der Waals surface area (Å²) in [5.74, 6) is -0.230. The number of nitrogens with zero attached hydrogens (tertiary/aromatic N) is 3. The minimum absolute atomic E-state index is 0.0229. The largest absolute Gasteiger partial charge is 0.376 e. The molecule has 0 bridgehead atoms. The van der Waals surface area contributed by atoms with E-state index in [0.29, 0.717) is 29.2 Å². The van der Waals surface area contributed by atoms with Gasteiger partial charge in [0.05, 0.1) is 29.3 Å². The van der Waals surface area contributed by atoms with Gasteiger partial charge in [-0.1, -0.05) is 23.9 Å². The van der Waals surface area contributed by atoms with Crippen LogP contribution in [0.5, 0.6) is 0 Å². The zero-order valence-corrected chi connectivity index (χ0v) is 19.3. The fourth-order valence-corrected chi connectivity index (χ4v) is 5.57. The molecule has 3 heterocycles. The fourth-order valence-electron chi connectivity index (χ4n) is 4.71. The molecular formula is C25H26FN3O3S. The molecule has 172 valence electrons. The molecule has 0 unspecified atom stereocenters. The Labute approximate surface area is 195 Å². The second kappa shape index (κ2) is 9.27. The van der Waals surface area contributed by atoms with Crippen molar-refractivity contribution in [2.45, 2.75) is 56.5 Å². The highest BCUT2D eigenvalue weighted by molar-refractivity contribution is 7.99. The summed E-state index contributed by atoms with van der Waals surface area (Å²) >= 11 is 1.27. The molecule has 2 aromatic carbocycles. The molecule has 2 aliphatic heterocycles. The van der Waals surface area contributed by atoms with Gasteiger partial charge < -0.3 is 9.64 Å². The van der Waals surface area contributed by atoms with Gasteiger partial charge in [-0.2, -0.15) is 0 Å². The molecule has 1 fully saturated rings. The molecule has 0 saturated carbocycles. The van der Waals surface area contributed by atoms with Crippen molar-refractivity contribution in [3.63, 3.8) is 0 Å². The number of para-hydroxylation sites is 1. The predicted octanol–water partition coefficient (Wildman–Crippen LogP) is 4.17. The van der Waals surface area contributed by atoms with Crippen molar-refractivity contribution in [2.75, 3.05) is 17.3 Å². The van der Waals surface area contributed by atoms with Gasteiger partial charge in [0.15, 0.2) is 5.16 Å². The summed E-state index contributed by atoms with van der Waals surface area (Å²) in [5.41, 5.74) is 2.13. The van der Waals surface area contributed by atoms with Gasteiger partial charge in [-0.25, -0.2) is 9.37 Å². The number of hydrogen-bond donors (Lipinski definition) is 0. The number of halogens is 1. The highest BCUT2D eigenvalue weighted by Crippen LogP contribution is 2.32. The molecule has 0 aliphatic carbocycles. The minimum Gasteiger partial charge on any atom is -0.376 e. The van der Waals surface area contributed by atoms with Crippen LogP contribution in [0.15, 0.2) is 52.4 Å². The van der Waals surface area contributed by atoms with Gasteiger partial charge in [-0.3, -0.25) is 14.2 Å². The van der Waals surface area contributed by atoms with Gasteiger partial charge in [0.25, 0.3) is 5.56 Å². The number of carbonyl (C=O) groups excluding carboxylic acids is 1. The Morgan fingerprint density at radius 2 is 2.09 bits per heavy atom. The number of anilines is 1. The van der Waals surface area contributed by atoms with E-state index < -0.39 is 0 Å². The summed E-state index contributed by atoms with van der Waals surface area (Å²) < 4.78 is 21.1. The number of hydrogen-bond acceptors (Lipinski definition) is 5. The second-order valence-corrected chi connectivity index (χ2v) is 9.62. The van der Waals surface area contributed by atoms with Crippen LogP contribution >= 0.6 is 11.8 Å². The van der Waals surface area contributed by atoms with Crippen LogP contribution in [0.4, 0.5) is 10.1 Å². The summed E-state index contributed by atoms with van der Waals surface area (Å²) in [5, 5.41) is 1.08. The quantitative estimate of drug-likeness (QED) is 0.416. The lowest BCUT2D eigenvalue weighted by Crippen LogP contribution is -2.43. The standard InChI is InChI=1S/C25H26FN3O3S/c1-16-8-9-17-13-18(26)10-11-22(17)29(16)23(30)15-33-25-27-21-7-3-2-6-20(21)24(31)28(25)14-19-5-4-12-32-19/h2-3,6-7,10-11,13,16,19H,4-5,8-9,12,14-15H2,1H3/t16-,19-/m1/s1. The van der Waals surface area contributed by atoms with Gasteiger partial charge >= 0.3 is 0 Å². The van der Waals surface area contributed by atoms with Crippen LogP contribution < -0.4 is 10.5 Å². The topological polar surface area (TPSA) is 64.4 Å². The highest BCUT2D eigenvalue weighted by atomic mass is 32.2. The third-order valence-corrected chi connectivity index (χ3v) is 7.36. The average Bonchev–Trinajstić information content (AvgIpc) is 3.33. The average molecular weight is 468 g/mol. The third-order valence-electron chi connectivity index (χ3n) is 6.40. The number of aromatic nitrogens is 2. The van der Waals surface area contributed by atoms with E-state index in [0.717, 1.165) is 36.9 Å². The minimum atomic E-state index is -0.288. The molecule has 6 nitrogen and oxygen atoms in total. The first-order chi connectivity index (χ1) is 16.0. The van der Waals surface area contributed by atoms with Crippen LogP contribution in [-0.2, 0) is 22.5 Å². The zero-order chi connectivity index (χ0) is 22.9. The van der Waals surface area contributed by atoms with Crippen LogP contribution in [0.1, 0.15) is 31.7 Å². The first kappa shape index (κ1) is 22.1. The molecule has 33 heavy (non-hydrogen) atoms. The smallest absolute Gasteiger partial charge is 0.262 e. The number of thioether (sulfide) groups is 1. The molecule has 1 saturated heterocycles. The lowest BCUT2D eigenvalue weighted by molar-refractivity contribution is -0.116. The maximum atomic E-state index is 13.7.